The smallest absolute Gasteiger partial charge is 0.101 e. The standard InChI is InChI=1S/C29H28N4/c1-21(25(19-30)18-27-7-4-8-28(32-27)23-9-10-23)33-29(15-2-3-16-29)26-13-11-22(12-14-26)24-6-5-17-31-20-24/h4-8,11-14,17-18,20,23,33H,1-3,9-10,15-16H2/b25-18+. The van der Waals surface area contributed by atoms with Crippen LogP contribution in [0.3, 0.4) is 0 Å². The number of aromatic nitrogens is 2. The third-order valence-corrected chi connectivity index (χ3v) is 6.81. The van der Waals surface area contributed by atoms with Gasteiger partial charge < -0.3 is 5.32 Å². The summed E-state index contributed by atoms with van der Waals surface area (Å²) < 4.78 is 0. The predicted octanol–water partition coefficient (Wildman–Crippen LogP) is 6.50. The van der Waals surface area contributed by atoms with Gasteiger partial charge in [0.25, 0.3) is 0 Å². The molecule has 2 aromatic heterocycles. The molecule has 0 spiro atoms. The van der Waals surface area contributed by atoms with Gasteiger partial charge in [0, 0.05) is 29.7 Å². The van der Waals surface area contributed by atoms with Crippen LogP contribution in [0.25, 0.3) is 17.2 Å². The molecule has 1 aromatic carbocycles. The fourth-order valence-electron chi connectivity index (χ4n) is 4.83. The first-order valence-corrected chi connectivity index (χ1v) is 11.7. The van der Waals surface area contributed by atoms with Gasteiger partial charge in [-0.05, 0) is 66.6 Å². The summed E-state index contributed by atoms with van der Waals surface area (Å²) in [5, 5.41) is 13.6. The van der Waals surface area contributed by atoms with Crippen molar-refractivity contribution >= 4 is 6.08 Å². The molecule has 0 amide bonds. The van der Waals surface area contributed by atoms with Gasteiger partial charge in [0.05, 0.1) is 16.8 Å². The number of nitriles is 1. The van der Waals surface area contributed by atoms with Gasteiger partial charge in [-0.2, -0.15) is 5.26 Å². The average molecular weight is 433 g/mol. The Bertz CT molecular complexity index is 1210. The normalized spacial score (nSPS) is 17.4. The van der Waals surface area contributed by atoms with Crippen LogP contribution in [0.1, 0.15) is 61.4 Å². The van der Waals surface area contributed by atoms with E-state index in [1.54, 1.807) is 6.20 Å². The molecule has 2 fully saturated rings. The van der Waals surface area contributed by atoms with Gasteiger partial charge in [0.1, 0.15) is 6.07 Å². The Balaban J connectivity index is 1.38. The van der Waals surface area contributed by atoms with Crippen molar-refractivity contribution in [2.45, 2.75) is 50.0 Å². The second-order valence-electron chi connectivity index (χ2n) is 9.14. The van der Waals surface area contributed by atoms with Crippen LogP contribution in [-0.2, 0) is 5.54 Å². The van der Waals surface area contributed by atoms with Crippen LogP contribution in [0.15, 0.2) is 84.8 Å². The maximum Gasteiger partial charge on any atom is 0.101 e. The van der Waals surface area contributed by atoms with Crippen molar-refractivity contribution in [2.75, 3.05) is 0 Å². The highest BCUT2D eigenvalue weighted by Gasteiger charge is 2.36. The molecule has 5 rings (SSSR count). The minimum atomic E-state index is -0.205. The third-order valence-electron chi connectivity index (χ3n) is 6.81. The van der Waals surface area contributed by atoms with E-state index in [-0.39, 0.29) is 5.54 Å². The monoisotopic (exact) mass is 432 g/mol. The van der Waals surface area contributed by atoms with Gasteiger partial charge in [-0.3, -0.25) is 9.97 Å². The highest BCUT2D eigenvalue weighted by molar-refractivity contribution is 5.63. The number of rotatable bonds is 7. The molecule has 0 unspecified atom stereocenters. The number of nitrogens with zero attached hydrogens (tertiary/aromatic N) is 3. The summed E-state index contributed by atoms with van der Waals surface area (Å²) in [5.74, 6) is 0.585. The van der Waals surface area contributed by atoms with Crippen molar-refractivity contribution in [1.29, 1.82) is 5.26 Å². The fourth-order valence-corrected chi connectivity index (χ4v) is 4.83. The third kappa shape index (κ3) is 4.59. The Morgan fingerprint density at radius 1 is 1.03 bits per heavy atom. The maximum absolute atomic E-state index is 9.89. The van der Waals surface area contributed by atoms with Crippen LogP contribution in [0.5, 0.6) is 0 Å². The molecule has 1 N–H and O–H groups in total. The Labute approximate surface area is 195 Å². The van der Waals surface area contributed by atoms with E-state index in [9.17, 15) is 5.26 Å². The number of allylic oxidation sites excluding steroid dienone is 1. The molecule has 0 bridgehead atoms. The Hall–Kier alpha value is -3.71. The molecule has 164 valence electrons. The molecule has 2 heterocycles. The first-order valence-electron chi connectivity index (χ1n) is 11.7. The molecule has 0 radical (unpaired) electrons. The first-order chi connectivity index (χ1) is 16.2. The molecule has 3 aromatic rings. The largest absolute Gasteiger partial charge is 0.375 e. The molecule has 2 aliphatic rings. The summed E-state index contributed by atoms with van der Waals surface area (Å²) in [7, 11) is 0. The van der Waals surface area contributed by atoms with Gasteiger partial charge in [0.15, 0.2) is 0 Å². The second-order valence-corrected chi connectivity index (χ2v) is 9.14. The number of hydrogen-bond acceptors (Lipinski definition) is 4. The molecule has 0 aliphatic heterocycles. The Morgan fingerprint density at radius 3 is 2.48 bits per heavy atom. The zero-order valence-corrected chi connectivity index (χ0v) is 18.8. The summed E-state index contributed by atoms with van der Waals surface area (Å²) in [6.07, 6.45) is 12.3. The summed E-state index contributed by atoms with van der Waals surface area (Å²) in [5.41, 5.74) is 6.43. The lowest BCUT2D eigenvalue weighted by molar-refractivity contribution is 0.380. The lowest BCUT2D eigenvalue weighted by Gasteiger charge is -2.33. The zero-order chi connectivity index (χ0) is 22.7. The summed E-state index contributed by atoms with van der Waals surface area (Å²) in [6, 6.07) is 21.1. The number of benzene rings is 1. The quantitative estimate of drug-likeness (QED) is 0.342. The molecule has 33 heavy (non-hydrogen) atoms. The highest BCUT2D eigenvalue weighted by atomic mass is 15.0. The van der Waals surface area contributed by atoms with E-state index >= 15 is 0 Å². The minimum Gasteiger partial charge on any atom is -0.375 e. The van der Waals surface area contributed by atoms with Crippen molar-refractivity contribution in [3.8, 4) is 17.2 Å². The summed E-state index contributed by atoms with van der Waals surface area (Å²) >= 11 is 0. The highest BCUT2D eigenvalue weighted by Crippen LogP contribution is 2.41. The van der Waals surface area contributed by atoms with E-state index < -0.39 is 0 Å². The molecular formula is C29H28N4. The summed E-state index contributed by atoms with van der Waals surface area (Å²) in [4.78, 5) is 8.98. The minimum absolute atomic E-state index is 0.205. The SMILES string of the molecule is C=C(NC1(c2ccc(-c3cccnc3)cc2)CCCC1)/C(C#N)=C/c1cccc(C2CC2)n1. The Morgan fingerprint density at radius 2 is 1.82 bits per heavy atom. The molecular weight excluding hydrogens is 404 g/mol. The second kappa shape index (κ2) is 9.03. The molecule has 0 atom stereocenters. The van der Waals surface area contributed by atoms with Gasteiger partial charge in [-0.25, -0.2) is 0 Å². The van der Waals surface area contributed by atoms with Crippen molar-refractivity contribution < 1.29 is 0 Å². The van der Waals surface area contributed by atoms with Crippen molar-refractivity contribution in [3.05, 3.63) is 102 Å². The molecule has 2 saturated carbocycles. The van der Waals surface area contributed by atoms with Crippen LogP contribution in [0, 0.1) is 11.3 Å². The van der Waals surface area contributed by atoms with Crippen molar-refractivity contribution in [1.82, 2.24) is 15.3 Å². The van der Waals surface area contributed by atoms with Crippen LogP contribution >= 0.6 is 0 Å². The van der Waals surface area contributed by atoms with Gasteiger partial charge in [-0.15, -0.1) is 0 Å². The maximum atomic E-state index is 9.89. The molecule has 2 aliphatic carbocycles. The topological polar surface area (TPSA) is 61.6 Å². The lowest BCUT2D eigenvalue weighted by Crippen LogP contribution is -2.39. The van der Waals surface area contributed by atoms with Crippen molar-refractivity contribution in [2.24, 2.45) is 0 Å². The van der Waals surface area contributed by atoms with Gasteiger partial charge in [0.2, 0.25) is 0 Å². The van der Waals surface area contributed by atoms with Crippen molar-refractivity contribution in [3.63, 3.8) is 0 Å². The summed E-state index contributed by atoms with van der Waals surface area (Å²) in [6.45, 7) is 4.25. The van der Waals surface area contributed by atoms with Gasteiger partial charge in [-0.1, -0.05) is 55.8 Å². The fraction of sp³-hybridized carbons (Fsp3) is 0.276. The van der Waals surface area contributed by atoms with E-state index in [2.05, 4.69) is 59.3 Å². The molecule has 4 nitrogen and oxygen atoms in total. The van der Waals surface area contributed by atoms with Crippen LogP contribution in [0.2, 0.25) is 0 Å². The van der Waals surface area contributed by atoms with E-state index in [0.29, 0.717) is 17.2 Å². The lowest BCUT2D eigenvalue weighted by atomic mass is 9.86. The van der Waals surface area contributed by atoms with Crippen LogP contribution in [-0.4, -0.2) is 9.97 Å². The van der Waals surface area contributed by atoms with Gasteiger partial charge >= 0.3 is 0 Å². The number of pyridine rings is 2. The van der Waals surface area contributed by atoms with E-state index in [1.807, 2.05) is 30.5 Å². The van der Waals surface area contributed by atoms with E-state index in [1.165, 1.54) is 18.4 Å². The van der Waals surface area contributed by atoms with E-state index in [4.69, 9.17) is 4.98 Å². The average Bonchev–Trinajstić information content (AvgIpc) is 3.62. The zero-order valence-electron chi connectivity index (χ0n) is 18.8. The van der Waals surface area contributed by atoms with Crippen LogP contribution in [0.4, 0.5) is 0 Å². The number of hydrogen-bond donors (Lipinski definition) is 1. The van der Waals surface area contributed by atoms with Crippen LogP contribution < -0.4 is 5.32 Å². The first kappa shape index (κ1) is 21.2. The number of nitrogens with one attached hydrogen (secondary N) is 1. The molecule has 0 saturated heterocycles. The predicted molar refractivity (Wildman–Crippen MR) is 132 cm³/mol. The van der Waals surface area contributed by atoms with E-state index in [0.717, 1.165) is 48.2 Å². The molecule has 4 heteroatoms. The Kier molecular flexibility index (Phi) is 5.79.